The Hall–Kier alpha value is -2.73. The number of amides is 1. The number of hydrazone groups is 1. The summed E-state index contributed by atoms with van der Waals surface area (Å²) in [5, 5.41) is 5.82. The van der Waals surface area contributed by atoms with Crippen LogP contribution in [0.4, 0.5) is 5.69 Å². The maximum Gasteiger partial charge on any atom is 0.260 e. The summed E-state index contributed by atoms with van der Waals surface area (Å²) < 4.78 is 0. The minimum Gasteiger partial charge on any atom is -0.278 e. The predicted molar refractivity (Wildman–Crippen MR) is 149 cm³/mol. The van der Waals surface area contributed by atoms with Crippen LogP contribution in [0, 0.1) is 18.3 Å². The number of benzene rings is 2. The van der Waals surface area contributed by atoms with Crippen molar-refractivity contribution in [3.8, 4) is 0 Å². The molecule has 6 rings (SSSR count). The molecule has 1 spiro atoms. The third-order valence-corrected chi connectivity index (χ3v) is 9.31. The topological polar surface area (TPSA) is 47.9 Å². The van der Waals surface area contributed by atoms with Gasteiger partial charge < -0.3 is 0 Å². The van der Waals surface area contributed by atoms with Gasteiger partial charge in [-0.15, -0.1) is 0 Å². The number of hydrogen-bond donors (Lipinski definition) is 1. The molecule has 2 aromatic rings. The molecule has 188 valence electrons. The third kappa shape index (κ3) is 3.76. The first-order chi connectivity index (χ1) is 17.5. The highest BCUT2D eigenvalue weighted by Gasteiger charge is 2.54. The zero-order valence-corrected chi connectivity index (χ0v) is 22.4. The number of rotatable bonds is 4. The van der Waals surface area contributed by atoms with Crippen molar-refractivity contribution in [1.29, 1.82) is 0 Å². The molecule has 1 fully saturated rings. The van der Waals surface area contributed by atoms with Crippen LogP contribution in [-0.2, 0) is 11.2 Å². The van der Waals surface area contributed by atoms with Gasteiger partial charge in [0.25, 0.3) is 5.91 Å². The number of para-hydroxylation sites is 1. The van der Waals surface area contributed by atoms with E-state index in [1.54, 1.807) is 0 Å². The van der Waals surface area contributed by atoms with Crippen LogP contribution in [-0.4, -0.2) is 28.0 Å². The molecule has 0 saturated heterocycles. The van der Waals surface area contributed by atoms with Crippen molar-refractivity contribution in [2.45, 2.75) is 72.0 Å². The van der Waals surface area contributed by atoms with E-state index in [4.69, 9.17) is 5.10 Å². The molecule has 2 aromatic carbocycles. The Morgan fingerprint density at radius 2 is 1.81 bits per heavy atom. The van der Waals surface area contributed by atoms with E-state index < -0.39 is 0 Å². The van der Waals surface area contributed by atoms with Crippen molar-refractivity contribution in [3.05, 3.63) is 70.8 Å². The Bertz CT molecular complexity index is 1240. The Labute approximate surface area is 219 Å². The van der Waals surface area contributed by atoms with E-state index in [9.17, 15) is 4.79 Å². The molecule has 6 heteroatoms. The smallest absolute Gasteiger partial charge is 0.260 e. The first-order valence-electron chi connectivity index (χ1n) is 13.5. The first kappa shape index (κ1) is 23.7. The number of fused-ring (bicyclic) bond motifs is 5. The number of amidine groups is 1. The van der Waals surface area contributed by atoms with Crippen molar-refractivity contribution < 1.29 is 4.79 Å². The molecule has 1 N–H and O–H groups in total. The first-order valence-corrected chi connectivity index (χ1v) is 14.5. The number of carbonyl (C=O) groups is 1. The van der Waals surface area contributed by atoms with Crippen LogP contribution < -0.4 is 10.3 Å². The maximum absolute atomic E-state index is 14.7. The summed E-state index contributed by atoms with van der Waals surface area (Å²) in [6.45, 7) is 6.63. The Kier molecular flexibility index (Phi) is 6.11. The van der Waals surface area contributed by atoms with Crippen LogP contribution in [0.15, 0.2) is 59.2 Å². The van der Waals surface area contributed by atoms with Gasteiger partial charge in [0.2, 0.25) is 6.29 Å². The lowest BCUT2D eigenvalue weighted by molar-refractivity contribution is -0.118. The Balaban J connectivity index is 1.55. The molecular weight excluding hydrogens is 464 g/mol. The zero-order chi connectivity index (χ0) is 24.9. The Morgan fingerprint density at radius 3 is 2.58 bits per heavy atom. The second-order valence-corrected chi connectivity index (χ2v) is 12.2. The van der Waals surface area contributed by atoms with E-state index in [0.717, 1.165) is 59.1 Å². The summed E-state index contributed by atoms with van der Waals surface area (Å²) in [4.78, 5) is 19.0. The van der Waals surface area contributed by atoms with Gasteiger partial charge in [0, 0.05) is 22.3 Å². The van der Waals surface area contributed by atoms with Crippen LogP contribution >= 0.6 is 11.8 Å². The largest absolute Gasteiger partial charge is 0.278 e. The van der Waals surface area contributed by atoms with E-state index in [1.165, 1.54) is 30.4 Å². The number of anilines is 1. The van der Waals surface area contributed by atoms with Gasteiger partial charge in [-0.05, 0) is 55.7 Å². The molecule has 1 saturated carbocycles. The standard InChI is InChI=1S/C30H36N4OS/c1-20(2)15-18-36-29-32-31-28-33(24-14-8-5-11-21(24)3)27(35)25-26(34(28)29)23-13-7-6-12-22(23)19-30(25)16-9-4-10-17-30/h5-8,11-14,20,28,31H,4,9-10,15-19H2,1-3H3. The summed E-state index contributed by atoms with van der Waals surface area (Å²) in [7, 11) is 0. The van der Waals surface area contributed by atoms with Gasteiger partial charge in [0.15, 0.2) is 5.17 Å². The highest BCUT2D eigenvalue weighted by atomic mass is 32.2. The molecule has 2 aliphatic heterocycles. The van der Waals surface area contributed by atoms with Crippen molar-refractivity contribution in [2.24, 2.45) is 16.4 Å². The molecule has 0 bridgehead atoms. The summed E-state index contributed by atoms with van der Waals surface area (Å²) in [6, 6.07) is 17.0. The molecular formula is C30H36N4OS. The fraction of sp³-hybridized carbons (Fsp3) is 0.467. The lowest BCUT2D eigenvalue weighted by atomic mass is 9.61. The fourth-order valence-electron chi connectivity index (χ4n) is 6.49. The van der Waals surface area contributed by atoms with Crippen LogP contribution in [0.3, 0.4) is 0 Å². The molecule has 0 radical (unpaired) electrons. The number of aryl methyl sites for hydroxylation is 1. The average Bonchev–Trinajstić information content (AvgIpc) is 3.28. The molecule has 1 unspecified atom stereocenters. The number of thioether (sulfide) groups is 1. The minimum atomic E-state index is -0.356. The van der Waals surface area contributed by atoms with E-state index >= 15 is 0 Å². The average molecular weight is 501 g/mol. The van der Waals surface area contributed by atoms with E-state index in [0.29, 0.717) is 5.92 Å². The lowest BCUT2D eigenvalue weighted by Crippen LogP contribution is -2.61. The molecule has 1 amide bonds. The summed E-state index contributed by atoms with van der Waals surface area (Å²) in [5.41, 5.74) is 10.0. The van der Waals surface area contributed by atoms with Crippen LogP contribution in [0.2, 0.25) is 0 Å². The van der Waals surface area contributed by atoms with Crippen molar-refractivity contribution in [3.63, 3.8) is 0 Å². The van der Waals surface area contributed by atoms with Gasteiger partial charge >= 0.3 is 0 Å². The highest BCUT2D eigenvalue weighted by Crippen LogP contribution is 2.55. The fourth-order valence-corrected chi connectivity index (χ4v) is 7.71. The molecule has 4 aliphatic rings. The van der Waals surface area contributed by atoms with Gasteiger partial charge in [0.05, 0.1) is 11.4 Å². The maximum atomic E-state index is 14.7. The number of nitrogens with zero attached hydrogens (tertiary/aromatic N) is 3. The Morgan fingerprint density at radius 1 is 1.06 bits per heavy atom. The van der Waals surface area contributed by atoms with Crippen molar-refractivity contribution in [1.82, 2.24) is 10.3 Å². The molecule has 2 aliphatic carbocycles. The molecule has 2 heterocycles. The predicted octanol–water partition coefficient (Wildman–Crippen LogP) is 6.50. The van der Waals surface area contributed by atoms with Crippen molar-refractivity contribution in [2.75, 3.05) is 10.7 Å². The number of carbonyl (C=O) groups excluding carboxylic acids is 1. The minimum absolute atomic E-state index is 0.110. The third-order valence-electron chi connectivity index (χ3n) is 8.32. The zero-order valence-electron chi connectivity index (χ0n) is 21.6. The van der Waals surface area contributed by atoms with Crippen LogP contribution in [0.25, 0.3) is 5.70 Å². The summed E-state index contributed by atoms with van der Waals surface area (Å²) in [6.07, 6.45) is 7.51. The van der Waals surface area contributed by atoms with E-state index in [2.05, 4.69) is 67.5 Å². The summed E-state index contributed by atoms with van der Waals surface area (Å²) in [5.74, 6) is 1.80. The van der Waals surface area contributed by atoms with Gasteiger partial charge in [0.1, 0.15) is 0 Å². The summed E-state index contributed by atoms with van der Waals surface area (Å²) >= 11 is 1.81. The number of nitrogens with one attached hydrogen (secondary N) is 1. The monoisotopic (exact) mass is 500 g/mol. The van der Waals surface area contributed by atoms with Crippen LogP contribution in [0.5, 0.6) is 0 Å². The van der Waals surface area contributed by atoms with Crippen LogP contribution in [0.1, 0.15) is 69.1 Å². The lowest BCUT2D eigenvalue weighted by Gasteiger charge is -2.51. The van der Waals surface area contributed by atoms with Gasteiger partial charge in [-0.2, -0.15) is 5.10 Å². The molecule has 0 aromatic heterocycles. The van der Waals surface area contributed by atoms with Gasteiger partial charge in [-0.25, -0.2) is 0 Å². The van der Waals surface area contributed by atoms with Crippen molar-refractivity contribution >= 4 is 34.2 Å². The van der Waals surface area contributed by atoms with Gasteiger partial charge in [-0.3, -0.25) is 20.0 Å². The highest BCUT2D eigenvalue weighted by molar-refractivity contribution is 8.13. The second-order valence-electron chi connectivity index (χ2n) is 11.2. The van der Waals surface area contributed by atoms with E-state index in [1.807, 2.05) is 28.8 Å². The SMILES string of the molecule is Cc1ccccc1N1C(=O)C2=C(c3ccccc3CC23CCCCC3)N2C(SCCC(C)C)=NNC21. The van der Waals surface area contributed by atoms with E-state index in [-0.39, 0.29) is 17.6 Å². The molecule has 36 heavy (non-hydrogen) atoms. The quantitative estimate of drug-likeness (QED) is 0.521. The van der Waals surface area contributed by atoms with Gasteiger partial charge in [-0.1, -0.05) is 87.3 Å². The second kappa shape index (κ2) is 9.29. The molecule has 5 nitrogen and oxygen atoms in total. The number of hydrogen-bond acceptors (Lipinski definition) is 5. The normalized spacial score (nSPS) is 22.4. The molecule has 1 atom stereocenters.